The predicted octanol–water partition coefficient (Wildman–Crippen LogP) is 4.85. The van der Waals surface area contributed by atoms with Gasteiger partial charge in [0.25, 0.3) is 0 Å². The number of aryl methyl sites for hydroxylation is 2. The van der Waals surface area contributed by atoms with E-state index in [1.807, 2.05) is 44.3 Å². The van der Waals surface area contributed by atoms with Crippen molar-refractivity contribution >= 4 is 11.9 Å². The second kappa shape index (κ2) is 7.12. The molecule has 0 radical (unpaired) electrons. The van der Waals surface area contributed by atoms with E-state index in [2.05, 4.69) is 31.0 Å². The van der Waals surface area contributed by atoms with Crippen molar-refractivity contribution in [3.8, 4) is 11.5 Å². The third-order valence-corrected chi connectivity index (χ3v) is 3.43. The first-order valence-electron chi connectivity index (χ1n) is 7.46. The van der Waals surface area contributed by atoms with Crippen molar-refractivity contribution in [3.63, 3.8) is 0 Å². The molecule has 3 heteroatoms. The van der Waals surface area contributed by atoms with Crippen molar-refractivity contribution in [3.05, 3.63) is 53.1 Å². The standard InChI is InChI=1S/C19H23NO2/c1-13(2)22-19-16(7-6-8-18(19)21-5)12-20-17-10-9-14(3)15(4)11-17/h6-13H,1-5H3. The van der Waals surface area contributed by atoms with E-state index in [4.69, 9.17) is 9.47 Å². The van der Waals surface area contributed by atoms with Crippen molar-refractivity contribution in [2.45, 2.75) is 33.8 Å². The zero-order valence-electron chi connectivity index (χ0n) is 13.9. The van der Waals surface area contributed by atoms with Crippen LogP contribution in [0.2, 0.25) is 0 Å². The summed E-state index contributed by atoms with van der Waals surface area (Å²) in [4.78, 5) is 4.56. The van der Waals surface area contributed by atoms with Crippen molar-refractivity contribution in [1.29, 1.82) is 0 Å². The molecule has 22 heavy (non-hydrogen) atoms. The summed E-state index contributed by atoms with van der Waals surface area (Å²) in [5.41, 5.74) is 4.34. The van der Waals surface area contributed by atoms with Gasteiger partial charge in [-0.05, 0) is 63.1 Å². The van der Waals surface area contributed by atoms with Gasteiger partial charge in [0, 0.05) is 11.8 Å². The molecule has 0 bridgehead atoms. The quantitative estimate of drug-likeness (QED) is 0.739. The highest BCUT2D eigenvalue weighted by Gasteiger charge is 2.10. The van der Waals surface area contributed by atoms with Crippen LogP contribution in [0.4, 0.5) is 5.69 Å². The van der Waals surface area contributed by atoms with Crippen molar-refractivity contribution in [2.75, 3.05) is 7.11 Å². The number of methoxy groups -OCH3 is 1. The number of benzene rings is 2. The van der Waals surface area contributed by atoms with E-state index in [9.17, 15) is 0 Å². The van der Waals surface area contributed by atoms with Crippen molar-refractivity contribution < 1.29 is 9.47 Å². The number of aliphatic imine (C=N–C) groups is 1. The summed E-state index contributed by atoms with van der Waals surface area (Å²) in [6.07, 6.45) is 1.90. The average Bonchev–Trinajstić information content (AvgIpc) is 2.49. The number of hydrogen-bond acceptors (Lipinski definition) is 3. The maximum absolute atomic E-state index is 5.88. The summed E-state index contributed by atoms with van der Waals surface area (Å²) in [5, 5.41) is 0. The van der Waals surface area contributed by atoms with Crippen LogP contribution in [-0.2, 0) is 0 Å². The van der Waals surface area contributed by atoms with Gasteiger partial charge in [-0.3, -0.25) is 4.99 Å². The molecule has 0 N–H and O–H groups in total. The largest absolute Gasteiger partial charge is 0.493 e. The van der Waals surface area contributed by atoms with Crippen molar-refractivity contribution in [2.24, 2.45) is 4.99 Å². The maximum Gasteiger partial charge on any atom is 0.170 e. The molecule has 116 valence electrons. The topological polar surface area (TPSA) is 30.8 Å². The Bertz CT molecular complexity index is 675. The molecule has 0 heterocycles. The van der Waals surface area contributed by atoms with Gasteiger partial charge in [0.2, 0.25) is 0 Å². The molecule has 3 nitrogen and oxygen atoms in total. The fourth-order valence-electron chi connectivity index (χ4n) is 2.11. The van der Waals surface area contributed by atoms with Crippen LogP contribution in [0.5, 0.6) is 11.5 Å². The van der Waals surface area contributed by atoms with Crippen LogP contribution in [0.1, 0.15) is 30.5 Å². The molecule has 0 spiro atoms. The molecule has 0 aliphatic carbocycles. The molecule has 0 saturated heterocycles. The Labute approximate surface area is 132 Å². The smallest absolute Gasteiger partial charge is 0.170 e. The number of ether oxygens (including phenoxy) is 2. The van der Waals surface area contributed by atoms with E-state index in [0.717, 1.165) is 22.7 Å². The first kappa shape index (κ1) is 16.1. The molecule has 0 aromatic heterocycles. The Hall–Kier alpha value is -2.29. The van der Waals surface area contributed by atoms with E-state index in [-0.39, 0.29) is 6.10 Å². The van der Waals surface area contributed by atoms with Gasteiger partial charge in [0.1, 0.15) is 0 Å². The van der Waals surface area contributed by atoms with Gasteiger partial charge in [-0.1, -0.05) is 12.1 Å². The summed E-state index contributed by atoms with van der Waals surface area (Å²) in [5.74, 6) is 1.45. The molecule has 2 aromatic carbocycles. The van der Waals surface area contributed by atoms with E-state index in [1.165, 1.54) is 11.1 Å². The van der Waals surface area contributed by atoms with Gasteiger partial charge in [0.05, 0.1) is 18.9 Å². The fourth-order valence-corrected chi connectivity index (χ4v) is 2.11. The maximum atomic E-state index is 5.88. The number of para-hydroxylation sites is 1. The summed E-state index contributed by atoms with van der Waals surface area (Å²) in [6, 6.07) is 12.0. The number of nitrogens with zero attached hydrogens (tertiary/aromatic N) is 1. The van der Waals surface area contributed by atoms with Crippen LogP contribution in [0.3, 0.4) is 0 Å². The molecule has 0 saturated carbocycles. The highest BCUT2D eigenvalue weighted by Crippen LogP contribution is 2.31. The lowest BCUT2D eigenvalue weighted by atomic mass is 10.1. The zero-order valence-corrected chi connectivity index (χ0v) is 13.9. The average molecular weight is 297 g/mol. The van der Waals surface area contributed by atoms with Gasteiger partial charge in [-0.15, -0.1) is 0 Å². The Morgan fingerprint density at radius 1 is 1.05 bits per heavy atom. The van der Waals surface area contributed by atoms with Gasteiger partial charge in [0.15, 0.2) is 11.5 Å². The minimum atomic E-state index is 0.0741. The molecule has 0 amide bonds. The van der Waals surface area contributed by atoms with Crippen LogP contribution in [-0.4, -0.2) is 19.4 Å². The SMILES string of the molecule is COc1cccc(C=Nc2ccc(C)c(C)c2)c1OC(C)C. The number of rotatable bonds is 5. The van der Waals surface area contributed by atoms with E-state index >= 15 is 0 Å². The molecule has 2 aromatic rings. The Kier molecular flexibility index (Phi) is 5.21. The molecular weight excluding hydrogens is 274 g/mol. The zero-order chi connectivity index (χ0) is 16.1. The molecule has 2 rings (SSSR count). The second-order valence-corrected chi connectivity index (χ2v) is 5.57. The minimum Gasteiger partial charge on any atom is -0.493 e. The Morgan fingerprint density at radius 2 is 1.82 bits per heavy atom. The fraction of sp³-hybridized carbons (Fsp3) is 0.316. The van der Waals surface area contributed by atoms with Crippen LogP contribution in [0.15, 0.2) is 41.4 Å². The minimum absolute atomic E-state index is 0.0741. The molecule has 0 unspecified atom stereocenters. The lowest BCUT2D eigenvalue weighted by Gasteiger charge is -2.15. The summed E-state index contributed by atoms with van der Waals surface area (Å²) in [6.45, 7) is 8.18. The van der Waals surface area contributed by atoms with Gasteiger partial charge >= 0.3 is 0 Å². The van der Waals surface area contributed by atoms with Crippen LogP contribution in [0, 0.1) is 13.8 Å². The first-order valence-corrected chi connectivity index (χ1v) is 7.46. The molecule has 0 fully saturated rings. The summed E-state index contributed by atoms with van der Waals surface area (Å²) >= 11 is 0. The molecule has 0 aliphatic heterocycles. The van der Waals surface area contributed by atoms with Gasteiger partial charge < -0.3 is 9.47 Å². The Morgan fingerprint density at radius 3 is 2.45 bits per heavy atom. The first-order chi connectivity index (χ1) is 10.5. The third-order valence-electron chi connectivity index (χ3n) is 3.43. The third kappa shape index (κ3) is 3.88. The molecular formula is C19H23NO2. The lowest BCUT2D eigenvalue weighted by molar-refractivity contribution is 0.230. The van der Waals surface area contributed by atoms with Crippen LogP contribution >= 0.6 is 0 Å². The summed E-state index contributed by atoms with van der Waals surface area (Å²) < 4.78 is 11.3. The lowest BCUT2D eigenvalue weighted by Crippen LogP contribution is -2.08. The summed E-state index contributed by atoms with van der Waals surface area (Å²) in [7, 11) is 1.65. The Balaban J connectivity index is 2.35. The highest BCUT2D eigenvalue weighted by molar-refractivity contribution is 5.87. The molecule has 0 aliphatic rings. The van der Waals surface area contributed by atoms with Gasteiger partial charge in [-0.2, -0.15) is 0 Å². The molecule has 0 atom stereocenters. The van der Waals surface area contributed by atoms with Crippen molar-refractivity contribution in [1.82, 2.24) is 0 Å². The van der Waals surface area contributed by atoms with Gasteiger partial charge in [-0.25, -0.2) is 0 Å². The van der Waals surface area contributed by atoms with Crippen LogP contribution < -0.4 is 9.47 Å². The number of hydrogen-bond donors (Lipinski definition) is 0. The highest BCUT2D eigenvalue weighted by atomic mass is 16.5. The monoisotopic (exact) mass is 297 g/mol. The van der Waals surface area contributed by atoms with E-state index < -0.39 is 0 Å². The van der Waals surface area contributed by atoms with Crippen LogP contribution in [0.25, 0.3) is 0 Å². The second-order valence-electron chi connectivity index (χ2n) is 5.57. The van der Waals surface area contributed by atoms with E-state index in [0.29, 0.717) is 0 Å². The van der Waals surface area contributed by atoms with E-state index in [1.54, 1.807) is 7.11 Å². The normalized spacial score (nSPS) is 11.2. The predicted molar refractivity (Wildman–Crippen MR) is 91.9 cm³/mol.